The van der Waals surface area contributed by atoms with E-state index in [0.29, 0.717) is 32.7 Å². The van der Waals surface area contributed by atoms with Crippen molar-refractivity contribution < 1.29 is 9.53 Å². The highest BCUT2D eigenvalue weighted by Crippen LogP contribution is 2.19. The minimum absolute atomic E-state index is 0.227. The van der Waals surface area contributed by atoms with Crippen molar-refractivity contribution in [2.45, 2.75) is 20.3 Å². The number of ether oxygens (including phenoxy) is 1. The molecule has 0 aliphatic carbocycles. The summed E-state index contributed by atoms with van der Waals surface area (Å²) >= 11 is 0. The van der Waals surface area contributed by atoms with Crippen molar-refractivity contribution in [3.63, 3.8) is 0 Å². The first-order valence-corrected chi connectivity index (χ1v) is 5.17. The zero-order valence-corrected chi connectivity index (χ0v) is 9.25. The number of nitrogens with zero attached hydrogens (tertiary/aromatic N) is 2. The van der Waals surface area contributed by atoms with E-state index in [1.165, 1.54) is 0 Å². The summed E-state index contributed by atoms with van der Waals surface area (Å²) in [5.41, 5.74) is 1.82. The van der Waals surface area contributed by atoms with Gasteiger partial charge in [0.2, 0.25) is 0 Å². The SMILES string of the molecule is CCC(C)(C#N)C(=O)NN1CCOCC1. The van der Waals surface area contributed by atoms with Crippen molar-refractivity contribution in [3.05, 3.63) is 0 Å². The summed E-state index contributed by atoms with van der Waals surface area (Å²) in [5, 5.41) is 10.7. The van der Waals surface area contributed by atoms with Crippen molar-refractivity contribution in [2.75, 3.05) is 26.3 Å². The molecule has 0 bridgehead atoms. The lowest BCUT2D eigenvalue weighted by molar-refractivity contribution is -0.134. The smallest absolute Gasteiger partial charge is 0.254 e. The first kappa shape index (κ1) is 12.0. The van der Waals surface area contributed by atoms with Gasteiger partial charge in [0.05, 0.1) is 19.3 Å². The van der Waals surface area contributed by atoms with E-state index in [9.17, 15) is 4.79 Å². The van der Waals surface area contributed by atoms with Crippen molar-refractivity contribution in [3.8, 4) is 6.07 Å². The van der Waals surface area contributed by atoms with Crippen LogP contribution in [-0.4, -0.2) is 37.2 Å². The third kappa shape index (κ3) is 2.91. The maximum absolute atomic E-state index is 11.8. The molecule has 1 fully saturated rings. The molecule has 0 aromatic heterocycles. The number of morpholine rings is 1. The molecule has 0 saturated carbocycles. The fraction of sp³-hybridized carbons (Fsp3) is 0.800. The molecule has 1 N–H and O–H groups in total. The van der Waals surface area contributed by atoms with Gasteiger partial charge in [-0.25, -0.2) is 5.01 Å². The molecule has 5 nitrogen and oxygen atoms in total. The molecule has 84 valence electrons. The van der Waals surface area contributed by atoms with Crippen molar-refractivity contribution in [1.82, 2.24) is 10.4 Å². The third-order valence-electron chi connectivity index (χ3n) is 2.73. The maximum atomic E-state index is 11.8. The number of amides is 1. The normalized spacial score (nSPS) is 21.4. The molecule has 1 amide bonds. The second-order valence-electron chi connectivity index (χ2n) is 3.84. The average Bonchev–Trinajstić information content (AvgIpc) is 2.29. The molecule has 1 aliphatic heterocycles. The van der Waals surface area contributed by atoms with E-state index in [-0.39, 0.29) is 5.91 Å². The van der Waals surface area contributed by atoms with Gasteiger partial charge >= 0.3 is 0 Å². The van der Waals surface area contributed by atoms with Crippen molar-refractivity contribution in [2.24, 2.45) is 5.41 Å². The van der Waals surface area contributed by atoms with Gasteiger partial charge in [-0.15, -0.1) is 0 Å². The van der Waals surface area contributed by atoms with E-state index < -0.39 is 5.41 Å². The third-order valence-corrected chi connectivity index (χ3v) is 2.73. The summed E-state index contributed by atoms with van der Waals surface area (Å²) < 4.78 is 5.16. The number of nitriles is 1. The summed E-state index contributed by atoms with van der Waals surface area (Å²) in [5.74, 6) is -0.227. The van der Waals surface area contributed by atoms with Gasteiger partial charge < -0.3 is 4.74 Å². The van der Waals surface area contributed by atoms with Gasteiger partial charge in [0.15, 0.2) is 0 Å². The number of hydrazine groups is 1. The standard InChI is InChI=1S/C10H17N3O2/c1-3-10(2,8-11)9(14)12-13-4-6-15-7-5-13/h3-7H2,1-2H3,(H,12,14). The first-order chi connectivity index (χ1) is 7.12. The Hall–Kier alpha value is -1.12. The number of carbonyl (C=O) groups excluding carboxylic acids is 1. The molecule has 0 aromatic carbocycles. The maximum Gasteiger partial charge on any atom is 0.254 e. The van der Waals surface area contributed by atoms with Crippen LogP contribution in [0.5, 0.6) is 0 Å². The lowest BCUT2D eigenvalue weighted by Crippen LogP contribution is -2.52. The van der Waals surface area contributed by atoms with Gasteiger partial charge in [-0.1, -0.05) is 6.92 Å². The Morgan fingerprint density at radius 1 is 1.60 bits per heavy atom. The van der Waals surface area contributed by atoms with Crippen LogP contribution in [0, 0.1) is 16.7 Å². The van der Waals surface area contributed by atoms with Gasteiger partial charge in [-0.3, -0.25) is 10.2 Å². The Morgan fingerprint density at radius 2 is 2.20 bits per heavy atom. The van der Waals surface area contributed by atoms with Gasteiger partial charge in [0.25, 0.3) is 5.91 Å². The van der Waals surface area contributed by atoms with Crippen LogP contribution < -0.4 is 5.43 Å². The minimum atomic E-state index is -0.932. The Morgan fingerprint density at radius 3 is 2.67 bits per heavy atom. The van der Waals surface area contributed by atoms with E-state index in [2.05, 4.69) is 5.43 Å². The largest absolute Gasteiger partial charge is 0.379 e. The predicted octanol–water partition coefficient (Wildman–Crippen LogP) is 0.290. The van der Waals surface area contributed by atoms with Crippen LogP contribution in [0.3, 0.4) is 0 Å². The Balaban J connectivity index is 2.50. The lowest BCUT2D eigenvalue weighted by Gasteiger charge is -2.29. The average molecular weight is 211 g/mol. The van der Waals surface area contributed by atoms with Gasteiger partial charge in [-0.2, -0.15) is 5.26 Å². The summed E-state index contributed by atoms with van der Waals surface area (Å²) in [4.78, 5) is 11.8. The Kier molecular flexibility index (Phi) is 4.06. The summed E-state index contributed by atoms with van der Waals surface area (Å²) in [7, 11) is 0. The molecule has 1 rings (SSSR count). The molecular formula is C10H17N3O2. The topological polar surface area (TPSA) is 65.4 Å². The van der Waals surface area contributed by atoms with Crippen LogP contribution in [0.25, 0.3) is 0 Å². The second-order valence-corrected chi connectivity index (χ2v) is 3.84. The van der Waals surface area contributed by atoms with Crippen LogP contribution in [0.15, 0.2) is 0 Å². The van der Waals surface area contributed by atoms with Crippen molar-refractivity contribution >= 4 is 5.91 Å². The van der Waals surface area contributed by atoms with E-state index in [0.717, 1.165) is 0 Å². The molecule has 1 unspecified atom stereocenters. The van der Waals surface area contributed by atoms with Crippen LogP contribution >= 0.6 is 0 Å². The molecule has 15 heavy (non-hydrogen) atoms. The number of rotatable bonds is 3. The molecule has 1 atom stereocenters. The van der Waals surface area contributed by atoms with Crippen LogP contribution in [0.1, 0.15) is 20.3 Å². The summed E-state index contributed by atoms with van der Waals surface area (Å²) in [6, 6.07) is 2.05. The number of nitrogens with one attached hydrogen (secondary N) is 1. The molecule has 1 saturated heterocycles. The van der Waals surface area contributed by atoms with E-state index in [4.69, 9.17) is 10.00 Å². The van der Waals surface area contributed by atoms with Gasteiger partial charge in [0, 0.05) is 13.1 Å². The quantitative estimate of drug-likeness (QED) is 0.728. The van der Waals surface area contributed by atoms with E-state index in [1.807, 2.05) is 13.0 Å². The highest BCUT2D eigenvalue weighted by atomic mass is 16.5. The molecule has 1 aliphatic rings. The molecular weight excluding hydrogens is 194 g/mol. The highest BCUT2D eigenvalue weighted by molar-refractivity contribution is 5.84. The molecule has 5 heteroatoms. The summed E-state index contributed by atoms with van der Waals surface area (Å²) in [6.07, 6.45) is 0.514. The van der Waals surface area contributed by atoms with E-state index in [1.54, 1.807) is 11.9 Å². The zero-order valence-electron chi connectivity index (χ0n) is 9.25. The van der Waals surface area contributed by atoms with Crippen LogP contribution in [0.2, 0.25) is 0 Å². The molecule has 0 spiro atoms. The number of hydrogen-bond acceptors (Lipinski definition) is 4. The molecule has 0 radical (unpaired) electrons. The van der Waals surface area contributed by atoms with Crippen molar-refractivity contribution in [1.29, 1.82) is 5.26 Å². The fourth-order valence-corrected chi connectivity index (χ4v) is 1.23. The highest BCUT2D eigenvalue weighted by Gasteiger charge is 2.32. The Bertz CT molecular complexity index is 268. The monoisotopic (exact) mass is 211 g/mol. The minimum Gasteiger partial charge on any atom is -0.379 e. The number of hydrogen-bond donors (Lipinski definition) is 1. The van der Waals surface area contributed by atoms with Gasteiger partial charge in [-0.05, 0) is 13.3 Å². The first-order valence-electron chi connectivity index (χ1n) is 5.17. The number of carbonyl (C=O) groups is 1. The zero-order chi connectivity index (χ0) is 11.3. The van der Waals surface area contributed by atoms with Crippen LogP contribution in [0.4, 0.5) is 0 Å². The lowest BCUT2D eigenvalue weighted by atomic mass is 9.89. The fourth-order valence-electron chi connectivity index (χ4n) is 1.23. The molecule has 1 heterocycles. The predicted molar refractivity (Wildman–Crippen MR) is 54.5 cm³/mol. The Labute approximate surface area is 90.0 Å². The summed E-state index contributed by atoms with van der Waals surface area (Å²) in [6.45, 7) is 6.09. The molecule has 0 aromatic rings. The van der Waals surface area contributed by atoms with Crippen LogP contribution in [-0.2, 0) is 9.53 Å². The second kappa shape index (κ2) is 5.10. The van der Waals surface area contributed by atoms with E-state index >= 15 is 0 Å². The van der Waals surface area contributed by atoms with Gasteiger partial charge in [0.1, 0.15) is 5.41 Å².